The van der Waals surface area contributed by atoms with Crippen LogP contribution in [0.2, 0.25) is 0 Å². The number of ether oxygens (including phenoxy) is 4. The Morgan fingerprint density at radius 1 is 1.10 bits per heavy atom. The summed E-state index contributed by atoms with van der Waals surface area (Å²) in [5, 5.41) is -0.795. The zero-order valence-corrected chi connectivity index (χ0v) is 12.2. The Balaban J connectivity index is 2.73. The first kappa shape index (κ1) is 16.7. The van der Waals surface area contributed by atoms with E-state index >= 15 is 0 Å². The van der Waals surface area contributed by atoms with E-state index < -0.39 is 41.6 Å². The Labute approximate surface area is 121 Å². The van der Waals surface area contributed by atoms with Crippen molar-refractivity contribution in [1.82, 2.24) is 0 Å². The van der Waals surface area contributed by atoms with E-state index in [0.29, 0.717) is 0 Å². The SMILES string of the molecule is CC(=O)OC[C@H]1OC[C@H](OC(C)=O)[C@@H](OC(C)=O)[C@H]1Cl. The van der Waals surface area contributed by atoms with Crippen LogP contribution < -0.4 is 0 Å². The summed E-state index contributed by atoms with van der Waals surface area (Å²) < 4.78 is 20.3. The van der Waals surface area contributed by atoms with Gasteiger partial charge in [0, 0.05) is 20.8 Å². The molecular formula is C12H17ClO7. The lowest BCUT2D eigenvalue weighted by atomic mass is 10.0. The minimum absolute atomic E-state index is 0.00663. The molecule has 1 heterocycles. The predicted molar refractivity (Wildman–Crippen MR) is 67.1 cm³/mol. The fourth-order valence-corrected chi connectivity index (χ4v) is 2.17. The molecule has 1 rings (SSSR count). The van der Waals surface area contributed by atoms with E-state index in [1.54, 1.807) is 0 Å². The Bertz CT molecular complexity index is 384. The monoisotopic (exact) mass is 308 g/mol. The number of halogens is 1. The second-order valence-corrected chi connectivity index (χ2v) is 4.84. The van der Waals surface area contributed by atoms with Gasteiger partial charge in [0.05, 0.1) is 6.61 Å². The van der Waals surface area contributed by atoms with Gasteiger partial charge in [-0.1, -0.05) is 0 Å². The maximum atomic E-state index is 11.1. The molecule has 1 aliphatic heterocycles. The van der Waals surface area contributed by atoms with Gasteiger partial charge in [0.2, 0.25) is 0 Å². The molecule has 0 aliphatic carbocycles. The summed E-state index contributed by atoms with van der Waals surface area (Å²) >= 11 is 6.17. The molecule has 0 aromatic heterocycles. The van der Waals surface area contributed by atoms with Crippen molar-refractivity contribution in [1.29, 1.82) is 0 Å². The van der Waals surface area contributed by atoms with E-state index in [4.69, 9.17) is 30.5 Å². The topological polar surface area (TPSA) is 88.1 Å². The van der Waals surface area contributed by atoms with Crippen molar-refractivity contribution in [3.63, 3.8) is 0 Å². The maximum absolute atomic E-state index is 11.1. The van der Waals surface area contributed by atoms with Crippen molar-refractivity contribution in [3.8, 4) is 0 Å². The number of rotatable bonds is 4. The highest BCUT2D eigenvalue weighted by molar-refractivity contribution is 6.21. The van der Waals surface area contributed by atoms with Gasteiger partial charge in [0.15, 0.2) is 12.2 Å². The Morgan fingerprint density at radius 3 is 2.20 bits per heavy atom. The highest BCUT2D eigenvalue weighted by Gasteiger charge is 2.43. The molecule has 0 amide bonds. The second-order valence-electron chi connectivity index (χ2n) is 4.34. The first-order valence-corrected chi connectivity index (χ1v) is 6.48. The average molecular weight is 309 g/mol. The van der Waals surface area contributed by atoms with Gasteiger partial charge in [-0.15, -0.1) is 11.6 Å². The van der Waals surface area contributed by atoms with Crippen molar-refractivity contribution < 1.29 is 33.3 Å². The van der Waals surface area contributed by atoms with Crippen LogP contribution in [-0.4, -0.2) is 54.8 Å². The van der Waals surface area contributed by atoms with Gasteiger partial charge in [-0.25, -0.2) is 0 Å². The number of hydrogen-bond donors (Lipinski definition) is 0. The number of carbonyl (C=O) groups is 3. The summed E-state index contributed by atoms with van der Waals surface area (Å²) in [7, 11) is 0. The number of alkyl halides is 1. The molecule has 0 spiro atoms. The van der Waals surface area contributed by atoms with Gasteiger partial charge in [-0.05, 0) is 0 Å². The van der Waals surface area contributed by atoms with E-state index in [2.05, 4.69) is 0 Å². The van der Waals surface area contributed by atoms with Crippen LogP contribution in [0.15, 0.2) is 0 Å². The maximum Gasteiger partial charge on any atom is 0.303 e. The van der Waals surface area contributed by atoms with Crippen LogP contribution >= 0.6 is 11.6 Å². The third kappa shape index (κ3) is 4.97. The highest BCUT2D eigenvalue weighted by Crippen LogP contribution is 2.26. The van der Waals surface area contributed by atoms with Gasteiger partial charge < -0.3 is 18.9 Å². The van der Waals surface area contributed by atoms with Crippen molar-refractivity contribution in [3.05, 3.63) is 0 Å². The first-order valence-electron chi connectivity index (χ1n) is 6.04. The molecule has 114 valence electrons. The molecule has 0 saturated carbocycles. The second kappa shape index (κ2) is 7.44. The molecule has 1 saturated heterocycles. The lowest BCUT2D eigenvalue weighted by molar-refractivity contribution is -0.190. The lowest BCUT2D eigenvalue weighted by Crippen LogP contribution is -2.55. The van der Waals surface area contributed by atoms with E-state index in [0.717, 1.165) is 0 Å². The van der Waals surface area contributed by atoms with Crippen LogP contribution in [0.25, 0.3) is 0 Å². The van der Waals surface area contributed by atoms with Crippen LogP contribution in [0.1, 0.15) is 20.8 Å². The van der Waals surface area contributed by atoms with E-state index in [1.807, 2.05) is 0 Å². The molecule has 4 atom stereocenters. The van der Waals surface area contributed by atoms with Crippen molar-refractivity contribution in [2.75, 3.05) is 13.2 Å². The zero-order valence-electron chi connectivity index (χ0n) is 11.5. The molecule has 20 heavy (non-hydrogen) atoms. The predicted octanol–water partition coefficient (Wildman–Crippen LogP) is 0.419. The van der Waals surface area contributed by atoms with Gasteiger partial charge in [0.1, 0.15) is 18.1 Å². The third-order valence-corrected chi connectivity index (χ3v) is 3.11. The molecule has 0 N–H and O–H groups in total. The molecular weight excluding hydrogens is 292 g/mol. The van der Waals surface area contributed by atoms with E-state index in [9.17, 15) is 14.4 Å². The Kier molecular flexibility index (Phi) is 6.22. The van der Waals surface area contributed by atoms with Crippen molar-refractivity contribution in [2.24, 2.45) is 0 Å². The minimum Gasteiger partial charge on any atom is -0.463 e. The molecule has 0 aromatic rings. The highest BCUT2D eigenvalue weighted by atomic mass is 35.5. The summed E-state index contributed by atoms with van der Waals surface area (Å²) in [6.07, 6.45) is -2.28. The van der Waals surface area contributed by atoms with Crippen LogP contribution in [0.4, 0.5) is 0 Å². The van der Waals surface area contributed by atoms with Crippen molar-refractivity contribution in [2.45, 2.75) is 44.5 Å². The molecule has 0 aromatic carbocycles. The summed E-state index contributed by atoms with van der Waals surface area (Å²) in [6, 6.07) is 0. The fraction of sp³-hybridized carbons (Fsp3) is 0.750. The summed E-state index contributed by atoms with van der Waals surface area (Å²) in [4.78, 5) is 32.9. The van der Waals surface area contributed by atoms with Gasteiger partial charge in [-0.3, -0.25) is 14.4 Å². The standard InChI is InChI=1S/C12H17ClO7/c1-6(14)17-4-9-11(13)12(20-8(3)16)10(5-18-9)19-7(2)15/h9-12H,4-5H2,1-3H3/t9-,10+,11+,12-/m1/s1. The third-order valence-electron chi connectivity index (χ3n) is 2.58. The molecule has 7 nitrogen and oxygen atoms in total. The molecule has 8 heteroatoms. The first-order chi connectivity index (χ1) is 9.31. The summed E-state index contributed by atoms with van der Waals surface area (Å²) in [5.41, 5.74) is 0. The van der Waals surface area contributed by atoms with Crippen LogP contribution in [0.3, 0.4) is 0 Å². The zero-order chi connectivity index (χ0) is 15.3. The average Bonchev–Trinajstić information content (AvgIpc) is 2.31. The fourth-order valence-electron chi connectivity index (χ4n) is 1.81. The van der Waals surface area contributed by atoms with Gasteiger partial charge in [0.25, 0.3) is 0 Å². The van der Waals surface area contributed by atoms with Crippen LogP contribution in [0.5, 0.6) is 0 Å². The van der Waals surface area contributed by atoms with Crippen LogP contribution in [-0.2, 0) is 33.3 Å². The number of hydrogen-bond acceptors (Lipinski definition) is 7. The Hall–Kier alpha value is -1.34. The number of esters is 3. The Morgan fingerprint density at radius 2 is 1.70 bits per heavy atom. The smallest absolute Gasteiger partial charge is 0.303 e. The van der Waals surface area contributed by atoms with Crippen LogP contribution in [0, 0.1) is 0 Å². The van der Waals surface area contributed by atoms with Crippen molar-refractivity contribution >= 4 is 29.5 Å². The molecule has 0 bridgehead atoms. The van der Waals surface area contributed by atoms with Gasteiger partial charge in [-0.2, -0.15) is 0 Å². The molecule has 0 unspecified atom stereocenters. The summed E-state index contributed by atoms with van der Waals surface area (Å²) in [6.45, 7) is 3.67. The summed E-state index contributed by atoms with van der Waals surface area (Å²) in [5.74, 6) is -1.55. The number of carbonyl (C=O) groups excluding carboxylic acids is 3. The molecule has 1 aliphatic rings. The largest absolute Gasteiger partial charge is 0.463 e. The van der Waals surface area contributed by atoms with E-state index in [1.165, 1.54) is 20.8 Å². The minimum atomic E-state index is -0.854. The normalized spacial score (nSPS) is 29.4. The lowest BCUT2D eigenvalue weighted by Gasteiger charge is -2.38. The van der Waals surface area contributed by atoms with Gasteiger partial charge >= 0.3 is 17.9 Å². The quantitative estimate of drug-likeness (QED) is 0.422. The molecule has 1 fully saturated rings. The van der Waals surface area contributed by atoms with E-state index in [-0.39, 0.29) is 13.2 Å². The molecule has 0 radical (unpaired) electrons.